The summed E-state index contributed by atoms with van der Waals surface area (Å²) in [7, 11) is 0. The van der Waals surface area contributed by atoms with E-state index in [-0.39, 0.29) is 17.2 Å². The zero-order valence-corrected chi connectivity index (χ0v) is 20.0. The lowest BCUT2D eigenvalue weighted by atomic mass is 9.49. The predicted molar refractivity (Wildman–Crippen MR) is 143 cm³/mol. The van der Waals surface area contributed by atoms with Crippen LogP contribution in [0.3, 0.4) is 0 Å². The van der Waals surface area contributed by atoms with Crippen LogP contribution in [0.1, 0.15) is 41.5 Å². The van der Waals surface area contributed by atoms with E-state index in [0.717, 1.165) is 33.2 Å². The molecule has 0 spiro atoms. The first-order chi connectivity index (χ1) is 17.5. The van der Waals surface area contributed by atoms with Crippen molar-refractivity contribution in [1.29, 1.82) is 0 Å². The van der Waals surface area contributed by atoms with Crippen LogP contribution in [0.25, 0.3) is 22.0 Å². The molecule has 4 N–H and O–H groups in total. The van der Waals surface area contributed by atoms with E-state index >= 15 is 0 Å². The van der Waals surface area contributed by atoms with Crippen LogP contribution in [0.15, 0.2) is 97.2 Å². The van der Waals surface area contributed by atoms with Crippen LogP contribution in [0.4, 0.5) is 5.95 Å². The second kappa shape index (κ2) is 7.39. The molecular weight excluding hydrogens is 444 g/mol. The number of nitrogens with zero attached hydrogens (tertiary/aromatic N) is 1. The second-order valence-electron chi connectivity index (χ2n) is 10.3. The van der Waals surface area contributed by atoms with Gasteiger partial charge in [-0.2, -0.15) is 0 Å². The first kappa shape index (κ1) is 21.1. The van der Waals surface area contributed by atoms with E-state index in [0.29, 0.717) is 12.4 Å². The molecule has 0 radical (unpaired) electrons. The number of amides is 1. The first-order valence-corrected chi connectivity index (χ1v) is 12.3. The Balaban J connectivity index is 1.26. The molecule has 4 aromatic carbocycles. The summed E-state index contributed by atoms with van der Waals surface area (Å²) in [4.78, 5) is 21.7. The third kappa shape index (κ3) is 2.80. The summed E-state index contributed by atoms with van der Waals surface area (Å²) in [6.07, 6.45) is 2.29. The molecule has 1 heterocycles. The SMILES string of the molecule is CC12CC(N)(C(=O)Nc3ncc(-c4cccc5ccccc45)[nH]3)C(c3ccccc31)c1ccccc12. The maximum atomic E-state index is 13.9. The maximum absolute atomic E-state index is 13.9. The van der Waals surface area contributed by atoms with E-state index in [1.54, 1.807) is 6.20 Å². The van der Waals surface area contributed by atoms with E-state index in [9.17, 15) is 4.79 Å². The highest BCUT2D eigenvalue weighted by atomic mass is 16.2. The first-order valence-electron chi connectivity index (χ1n) is 12.3. The van der Waals surface area contributed by atoms with Crippen molar-refractivity contribution in [1.82, 2.24) is 9.97 Å². The summed E-state index contributed by atoms with van der Waals surface area (Å²) in [5.41, 5.74) is 12.3. The third-order valence-corrected chi connectivity index (χ3v) is 8.20. The topological polar surface area (TPSA) is 83.8 Å². The maximum Gasteiger partial charge on any atom is 0.247 e. The largest absolute Gasteiger partial charge is 0.324 e. The molecular formula is C31H26N4O. The van der Waals surface area contributed by atoms with Crippen LogP contribution in [0, 0.1) is 0 Å². The van der Waals surface area contributed by atoms with Crippen LogP contribution < -0.4 is 11.1 Å². The van der Waals surface area contributed by atoms with Crippen LogP contribution in [-0.2, 0) is 10.2 Å². The lowest BCUT2D eigenvalue weighted by Gasteiger charge is -2.55. The number of imidazole rings is 1. The third-order valence-electron chi connectivity index (χ3n) is 8.20. The van der Waals surface area contributed by atoms with E-state index < -0.39 is 5.54 Å². The summed E-state index contributed by atoms with van der Waals surface area (Å²) < 4.78 is 0. The van der Waals surface area contributed by atoms with Gasteiger partial charge in [-0.25, -0.2) is 4.98 Å². The van der Waals surface area contributed by atoms with Gasteiger partial charge >= 0.3 is 0 Å². The number of hydrogen-bond donors (Lipinski definition) is 3. The van der Waals surface area contributed by atoms with Gasteiger partial charge in [0.1, 0.15) is 5.54 Å². The average molecular weight is 471 g/mol. The Morgan fingerprint density at radius 2 is 1.56 bits per heavy atom. The molecule has 36 heavy (non-hydrogen) atoms. The molecule has 0 fully saturated rings. The normalized spacial score (nSPS) is 23.8. The van der Waals surface area contributed by atoms with E-state index in [4.69, 9.17) is 5.73 Å². The highest BCUT2D eigenvalue weighted by molar-refractivity contribution is 6.00. The van der Waals surface area contributed by atoms with Gasteiger partial charge in [-0.05, 0) is 39.4 Å². The lowest BCUT2D eigenvalue weighted by Crippen LogP contribution is -2.64. The standard InChI is InChI=1S/C31H26N4O/c1-30-18-31(32,27(22-12-4-6-15-24(22)30)23-13-5-7-16-25(23)30)28(36)35-29-33-17-26(34-29)21-14-8-10-19-9-2-3-11-20(19)21/h2-17,27H,18,32H2,1H3,(H2,33,34,35,36). The molecule has 3 aliphatic rings. The van der Waals surface area contributed by atoms with Gasteiger partial charge in [-0.15, -0.1) is 0 Å². The molecule has 5 heteroatoms. The number of H-pyrrole nitrogens is 1. The van der Waals surface area contributed by atoms with Crippen molar-refractivity contribution in [2.24, 2.45) is 5.73 Å². The van der Waals surface area contributed by atoms with Gasteiger partial charge in [-0.1, -0.05) is 97.9 Å². The smallest absolute Gasteiger partial charge is 0.247 e. The molecule has 0 aliphatic heterocycles. The summed E-state index contributed by atoms with van der Waals surface area (Å²) in [6, 6.07) is 31.2. The van der Waals surface area contributed by atoms with Gasteiger partial charge in [0, 0.05) is 16.9 Å². The zero-order valence-electron chi connectivity index (χ0n) is 20.0. The molecule has 176 valence electrons. The predicted octanol–water partition coefficient (Wildman–Crippen LogP) is 5.72. The fraction of sp³-hybridized carbons (Fsp3) is 0.161. The Labute approximate surface area is 209 Å². The number of hydrogen-bond acceptors (Lipinski definition) is 3. The number of aromatic amines is 1. The monoisotopic (exact) mass is 470 g/mol. The van der Waals surface area contributed by atoms with Crippen LogP contribution in [0.2, 0.25) is 0 Å². The molecule has 0 saturated carbocycles. The van der Waals surface area contributed by atoms with Crippen molar-refractivity contribution in [3.05, 3.63) is 119 Å². The lowest BCUT2D eigenvalue weighted by molar-refractivity contribution is -0.123. The quantitative estimate of drug-likeness (QED) is 0.315. The molecule has 0 saturated heterocycles. The number of fused-ring (bicyclic) bond motifs is 2. The molecule has 1 unspecified atom stereocenters. The molecule has 5 nitrogen and oxygen atoms in total. The van der Waals surface area contributed by atoms with E-state index in [1.165, 1.54) is 11.1 Å². The Morgan fingerprint density at radius 3 is 2.31 bits per heavy atom. The van der Waals surface area contributed by atoms with Gasteiger partial charge in [0.15, 0.2) is 0 Å². The van der Waals surface area contributed by atoms with Crippen molar-refractivity contribution in [2.45, 2.75) is 30.2 Å². The van der Waals surface area contributed by atoms with Crippen molar-refractivity contribution in [3.8, 4) is 11.3 Å². The summed E-state index contributed by atoms with van der Waals surface area (Å²) in [5, 5.41) is 5.30. The van der Waals surface area contributed by atoms with Gasteiger partial charge < -0.3 is 10.7 Å². The van der Waals surface area contributed by atoms with Crippen molar-refractivity contribution in [2.75, 3.05) is 5.32 Å². The molecule has 5 aromatic rings. The number of carbonyl (C=O) groups is 1. The summed E-state index contributed by atoms with van der Waals surface area (Å²) in [6.45, 7) is 2.21. The van der Waals surface area contributed by atoms with Crippen molar-refractivity contribution >= 4 is 22.6 Å². The number of anilines is 1. The molecule has 1 atom stereocenters. The zero-order chi connectivity index (χ0) is 24.5. The van der Waals surface area contributed by atoms with Gasteiger partial charge in [0.25, 0.3) is 0 Å². The molecule has 2 bridgehead atoms. The van der Waals surface area contributed by atoms with Crippen LogP contribution >= 0.6 is 0 Å². The minimum atomic E-state index is -1.11. The molecule has 1 aromatic heterocycles. The number of carbonyl (C=O) groups excluding carboxylic acids is 1. The highest BCUT2D eigenvalue weighted by Crippen LogP contribution is 2.59. The Morgan fingerprint density at radius 1 is 0.917 bits per heavy atom. The van der Waals surface area contributed by atoms with Gasteiger partial charge in [0.05, 0.1) is 11.9 Å². The average Bonchev–Trinajstić information content (AvgIpc) is 3.37. The van der Waals surface area contributed by atoms with E-state index in [1.807, 2.05) is 30.3 Å². The van der Waals surface area contributed by atoms with Crippen LogP contribution in [0.5, 0.6) is 0 Å². The number of nitrogens with one attached hydrogen (secondary N) is 2. The summed E-state index contributed by atoms with van der Waals surface area (Å²) >= 11 is 0. The second-order valence-corrected chi connectivity index (χ2v) is 10.3. The molecule has 3 aliphatic carbocycles. The number of benzene rings is 4. The Hall–Kier alpha value is -4.22. The Bertz CT molecular complexity index is 1620. The van der Waals surface area contributed by atoms with Crippen molar-refractivity contribution < 1.29 is 4.79 Å². The number of nitrogens with two attached hydrogens (primary N) is 1. The van der Waals surface area contributed by atoms with Crippen molar-refractivity contribution in [3.63, 3.8) is 0 Å². The minimum Gasteiger partial charge on any atom is -0.324 e. The molecule has 1 amide bonds. The fourth-order valence-electron chi connectivity index (χ4n) is 6.66. The fourth-order valence-corrected chi connectivity index (χ4v) is 6.66. The van der Waals surface area contributed by atoms with Gasteiger partial charge in [-0.3, -0.25) is 10.1 Å². The number of aromatic nitrogens is 2. The number of rotatable bonds is 3. The van der Waals surface area contributed by atoms with Gasteiger partial charge in [0.2, 0.25) is 11.9 Å². The van der Waals surface area contributed by atoms with Crippen LogP contribution in [-0.4, -0.2) is 21.4 Å². The van der Waals surface area contributed by atoms with E-state index in [2.05, 4.69) is 82.9 Å². The molecule has 8 rings (SSSR count). The highest BCUT2D eigenvalue weighted by Gasteiger charge is 2.59. The Kier molecular flexibility index (Phi) is 4.33. The summed E-state index contributed by atoms with van der Waals surface area (Å²) in [5.74, 6) is -0.0401. The minimum absolute atomic E-state index is 0.221.